The zero-order chi connectivity index (χ0) is 19.3. The van der Waals surface area contributed by atoms with Crippen LogP contribution >= 0.6 is 0 Å². The molecule has 10 heteroatoms. The highest BCUT2D eigenvalue weighted by Gasteiger charge is 2.33. The first-order chi connectivity index (χ1) is 12.9. The summed E-state index contributed by atoms with van der Waals surface area (Å²) in [5, 5.41) is 3.08. The van der Waals surface area contributed by atoms with Crippen molar-refractivity contribution in [3.8, 4) is 0 Å². The molecule has 7 nitrogen and oxygen atoms in total. The van der Waals surface area contributed by atoms with E-state index in [0.717, 1.165) is 44.9 Å². The molecule has 0 unspecified atom stereocenters. The second-order valence-electron chi connectivity index (χ2n) is 6.79. The van der Waals surface area contributed by atoms with E-state index in [1.165, 1.54) is 0 Å². The van der Waals surface area contributed by atoms with E-state index >= 15 is 0 Å². The Kier molecular flexibility index (Phi) is 6.48. The van der Waals surface area contributed by atoms with Crippen LogP contribution in [0.25, 0.3) is 0 Å². The molecule has 0 aromatic carbocycles. The Morgan fingerprint density at radius 1 is 1.15 bits per heavy atom. The molecule has 0 spiro atoms. The molecule has 3 heterocycles. The Morgan fingerprint density at radius 3 is 2.67 bits per heavy atom. The largest absolute Gasteiger partial charge is 0.433 e. The maximum atomic E-state index is 12.7. The lowest BCUT2D eigenvalue weighted by molar-refractivity contribution is -0.141. The minimum absolute atomic E-state index is 0.0745. The number of hydrogen-bond donors (Lipinski definition) is 1. The van der Waals surface area contributed by atoms with Gasteiger partial charge in [-0.3, -0.25) is 4.79 Å². The number of halogens is 3. The van der Waals surface area contributed by atoms with Crippen LogP contribution in [-0.4, -0.2) is 77.7 Å². The predicted octanol–water partition coefficient (Wildman–Crippen LogP) is 1.62. The number of nitrogens with zero attached hydrogens (tertiary/aromatic N) is 4. The fraction of sp³-hybridized carbons (Fsp3) is 0.706. The van der Waals surface area contributed by atoms with Crippen LogP contribution < -0.4 is 5.32 Å². The number of rotatable bonds is 5. The van der Waals surface area contributed by atoms with Gasteiger partial charge in [0.1, 0.15) is 17.8 Å². The minimum atomic E-state index is -4.47. The molecule has 2 aliphatic heterocycles. The van der Waals surface area contributed by atoms with Crippen LogP contribution in [0.2, 0.25) is 0 Å². The lowest BCUT2D eigenvalue weighted by atomic mass is 10.1. The van der Waals surface area contributed by atoms with Gasteiger partial charge in [-0.1, -0.05) is 0 Å². The zero-order valence-corrected chi connectivity index (χ0v) is 15.0. The van der Waals surface area contributed by atoms with E-state index < -0.39 is 11.9 Å². The fourth-order valence-corrected chi connectivity index (χ4v) is 3.32. The van der Waals surface area contributed by atoms with Gasteiger partial charge in [0.15, 0.2) is 0 Å². The number of carbonyl (C=O) groups excluding carboxylic acids is 1. The van der Waals surface area contributed by atoms with E-state index in [1.807, 2.05) is 4.90 Å². The van der Waals surface area contributed by atoms with Crippen molar-refractivity contribution in [3.05, 3.63) is 18.1 Å². The van der Waals surface area contributed by atoms with Crippen LogP contribution in [0.5, 0.6) is 0 Å². The Morgan fingerprint density at radius 2 is 1.93 bits per heavy atom. The molecular weight excluding hydrogens is 363 g/mol. The van der Waals surface area contributed by atoms with Crippen LogP contribution in [0.15, 0.2) is 12.4 Å². The second-order valence-corrected chi connectivity index (χ2v) is 6.79. The Balaban J connectivity index is 1.43. The molecule has 1 aromatic heterocycles. The van der Waals surface area contributed by atoms with Crippen LogP contribution in [0, 0.1) is 0 Å². The molecular formula is C17H24F3N5O2. The second kappa shape index (κ2) is 8.83. The molecule has 3 rings (SSSR count). The molecule has 0 saturated carbocycles. The lowest BCUT2D eigenvalue weighted by Crippen LogP contribution is -2.44. The van der Waals surface area contributed by atoms with E-state index in [4.69, 9.17) is 4.74 Å². The third-order valence-corrected chi connectivity index (χ3v) is 4.90. The van der Waals surface area contributed by atoms with Crippen molar-refractivity contribution in [2.24, 2.45) is 0 Å². The van der Waals surface area contributed by atoms with E-state index in [1.54, 1.807) is 0 Å². The van der Waals surface area contributed by atoms with Gasteiger partial charge in [-0.15, -0.1) is 0 Å². The first kappa shape index (κ1) is 19.8. The normalized spacial score (nSPS) is 20.6. The Labute approximate surface area is 155 Å². The van der Waals surface area contributed by atoms with Crippen LogP contribution in [0.1, 0.15) is 25.0 Å². The van der Waals surface area contributed by atoms with E-state index in [9.17, 15) is 18.0 Å². The van der Waals surface area contributed by atoms with Crippen molar-refractivity contribution in [3.63, 3.8) is 0 Å². The van der Waals surface area contributed by atoms with Crippen LogP contribution in [-0.2, 0) is 15.7 Å². The van der Waals surface area contributed by atoms with Crippen molar-refractivity contribution >= 4 is 11.7 Å². The highest BCUT2D eigenvalue weighted by molar-refractivity contribution is 5.76. The van der Waals surface area contributed by atoms with Crippen molar-refractivity contribution in [2.75, 3.05) is 51.3 Å². The molecule has 0 radical (unpaired) electrons. The highest BCUT2D eigenvalue weighted by atomic mass is 19.4. The number of amides is 1. The first-order valence-electron chi connectivity index (χ1n) is 9.15. The van der Waals surface area contributed by atoms with E-state index in [2.05, 4.69) is 20.2 Å². The SMILES string of the molecule is O=C1CCOCCN1CCN1CCC(Nc2cc(C(F)(F)F)ncn2)CC1. The van der Waals surface area contributed by atoms with Gasteiger partial charge in [0, 0.05) is 44.8 Å². The molecule has 0 aliphatic carbocycles. The van der Waals surface area contributed by atoms with Gasteiger partial charge in [0.25, 0.3) is 0 Å². The third-order valence-electron chi connectivity index (χ3n) is 4.90. The summed E-state index contributed by atoms with van der Waals surface area (Å²) in [7, 11) is 0. The van der Waals surface area contributed by atoms with Gasteiger partial charge >= 0.3 is 6.18 Å². The third kappa shape index (κ3) is 5.77. The standard InChI is InChI=1S/C17H24F3N5O2/c18-17(19,20)14-11-15(22-12-21-14)23-13-1-4-24(5-2-13)6-7-25-8-10-27-9-3-16(25)26/h11-13H,1-10H2,(H,21,22,23). The number of likely N-dealkylation sites (tertiary alicyclic amines) is 1. The Hall–Kier alpha value is -1.94. The van der Waals surface area contributed by atoms with Gasteiger partial charge in [-0.05, 0) is 12.8 Å². The summed E-state index contributed by atoms with van der Waals surface area (Å²) in [6.45, 7) is 4.83. The molecule has 2 saturated heterocycles. The average Bonchev–Trinajstić information content (AvgIpc) is 2.85. The van der Waals surface area contributed by atoms with Gasteiger partial charge in [0.05, 0.1) is 19.6 Å². The maximum Gasteiger partial charge on any atom is 0.433 e. The van der Waals surface area contributed by atoms with Crippen LogP contribution in [0.4, 0.5) is 19.0 Å². The molecule has 1 amide bonds. The summed E-state index contributed by atoms with van der Waals surface area (Å²) < 4.78 is 43.5. The zero-order valence-electron chi connectivity index (χ0n) is 15.0. The quantitative estimate of drug-likeness (QED) is 0.828. The van der Waals surface area contributed by atoms with Gasteiger partial charge in [0.2, 0.25) is 5.91 Å². The summed E-state index contributed by atoms with van der Waals surface area (Å²) >= 11 is 0. The lowest BCUT2D eigenvalue weighted by Gasteiger charge is -2.34. The number of aromatic nitrogens is 2. The van der Waals surface area contributed by atoms with Crippen molar-refractivity contribution in [1.82, 2.24) is 19.8 Å². The van der Waals surface area contributed by atoms with Gasteiger partial charge in [-0.25, -0.2) is 9.97 Å². The first-order valence-corrected chi connectivity index (χ1v) is 9.15. The topological polar surface area (TPSA) is 70.6 Å². The van der Waals surface area contributed by atoms with Gasteiger partial charge < -0.3 is 19.9 Å². The minimum Gasteiger partial charge on any atom is -0.379 e. The number of piperidine rings is 1. The molecule has 0 bridgehead atoms. The highest BCUT2D eigenvalue weighted by Crippen LogP contribution is 2.28. The summed E-state index contributed by atoms with van der Waals surface area (Å²) in [5.41, 5.74) is -0.941. The fourth-order valence-electron chi connectivity index (χ4n) is 3.32. The number of anilines is 1. The summed E-state index contributed by atoms with van der Waals surface area (Å²) in [4.78, 5) is 23.2. The number of carbonyl (C=O) groups is 1. The smallest absolute Gasteiger partial charge is 0.379 e. The molecule has 0 atom stereocenters. The molecule has 27 heavy (non-hydrogen) atoms. The van der Waals surface area contributed by atoms with Crippen molar-refractivity contribution in [1.29, 1.82) is 0 Å². The summed E-state index contributed by atoms with van der Waals surface area (Å²) in [6, 6.07) is 1.02. The Bertz CT molecular complexity index is 635. The molecule has 2 aliphatic rings. The predicted molar refractivity (Wildman–Crippen MR) is 92.1 cm³/mol. The average molecular weight is 387 g/mol. The van der Waals surface area contributed by atoms with Crippen LogP contribution in [0.3, 0.4) is 0 Å². The number of alkyl halides is 3. The van der Waals surface area contributed by atoms with E-state index in [0.29, 0.717) is 32.7 Å². The summed E-state index contributed by atoms with van der Waals surface area (Å²) in [6.07, 6.45) is -1.49. The summed E-state index contributed by atoms with van der Waals surface area (Å²) in [5.74, 6) is 0.333. The molecule has 150 valence electrons. The number of nitrogens with one attached hydrogen (secondary N) is 1. The molecule has 1 aromatic rings. The number of ether oxygens (including phenoxy) is 1. The number of hydrogen-bond acceptors (Lipinski definition) is 6. The van der Waals surface area contributed by atoms with E-state index in [-0.39, 0.29) is 17.8 Å². The molecule has 2 fully saturated rings. The van der Waals surface area contributed by atoms with Gasteiger partial charge in [-0.2, -0.15) is 13.2 Å². The maximum absolute atomic E-state index is 12.7. The van der Waals surface area contributed by atoms with Crippen molar-refractivity contribution < 1.29 is 22.7 Å². The molecule has 1 N–H and O–H groups in total. The van der Waals surface area contributed by atoms with Crippen molar-refractivity contribution in [2.45, 2.75) is 31.5 Å². The monoisotopic (exact) mass is 387 g/mol.